The van der Waals surface area contributed by atoms with E-state index in [0.29, 0.717) is 11.8 Å². The van der Waals surface area contributed by atoms with Gasteiger partial charge >= 0.3 is 0 Å². The molecule has 7 heteroatoms. The summed E-state index contributed by atoms with van der Waals surface area (Å²) in [6.45, 7) is 4.14. The van der Waals surface area contributed by atoms with E-state index < -0.39 is 15.7 Å². The van der Waals surface area contributed by atoms with Gasteiger partial charge in [-0.05, 0) is 67.7 Å². The number of sulfone groups is 1. The van der Waals surface area contributed by atoms with Crippen molar-refractivity contribution in [1.82, 2.24) is 10.3 Å². The molecule has 0 bridgehead atoms. The highest BCUT2D eigenvalue weighted by atomic mass is 32.2. The summed E-state index contributed by atoms with van der Waals surface area (Å²) in [5.41, 5.74) is 1.87. The molecule has 2 aromatic carbocycles. The fourth-order valence-corrected chi connectivity index (χ4v) is 5.79. The zero-order valence-corrected chi connectivity index (χ0v) is 16.7. The number of halogens is 1. The Morgan fingerprint density at radius 3 is 2.62 bits per heavy atom. The lowest BCUT2D eigenvalue weighted by Gasteiger charge is -2.23. The summed E-state index contributed by atoms with van der Waals surface area (Å²) >= 11 is 0. The minimum Gasteiger partial charge on any atom is -0.369 e. The zero-order chi connectivity index (χ0) is 20.0. The molecule has 3 aromatic rings. The van der Waals surface area contributed by atoms with Gasteiger partial charge in [0.05, 0.1) is 21.0 Å². The number of benzene rings is 2. The summed E-state index contributed by atoms with van der Waals surface area (Å²) in [5, 5.41) is 4.27. The topological polar surface area (TPSA) is 62.3 Å². The molecule has 5 rings (SSSR count). The summed E-state index contributed by atoms with van der Waals surface area (Å²) in [4.78, 5) is 7.10. The first-order chi connectivity index (χ1) is 14.0. The summed E-state index contributed by atoms with van der Waals surface area (Å²) < 4.78 is 39.0. The normalized spacial score (nSPS) is 22.0. The number of anilines is 1. The van der Waals surface area contributed by atoms with Crippen LogP contribution in [0.2, 0.25) is 0 Å². The van der Waals surface area contributed by atoms with Crippen LogP contribution < -0.4 is 10.2 Å². The van der Waals surface area contributed by atoms with Gasteiger partial charge in [-0.3, -0.25) is 4.98 Å². The molecule has 2 aliphatic heterocycles. The second-order valence-electron chi connectivity index (χ2n) is 7.90. The van der Waals surface area contributed by atoms with Gasteiger partial charge in [0.2, 0.25) is 9.84 Å². The number of pyridine rings is 1. The average molecular weight is 412 g/mol. The largest absolute Gasteiger partial charge is 0.369 e. The Hall–Kier alpha value is -2.51. The van der Waals surface area contributed by atoms with Crippen molar-refractivity contribution < 1.29 is 12.8 Å². The number of rotatable bonds is 3. The Bertz CT molecular complexity index is 1150. The highest BCUT2D eigenvalue weighted by molar-refractivity contribution is 7.91. The molecule has 2 fully saturated rings. The maximum atomic E-state index is 13.2. The van der Waals surface area contributed by atoms with Crippen molar-refractivity contribution >= 4 is 26.4 Å². The Morgan fingerprint density at radius 2 is 1.83 bits per heavy atom. The molecular formula is C22H22FN3O2S. The van der Waals surface area contributed by atoms with Crippen LogP contribution in [0.5, 0.6) is 0 Å². The molecule has 29 heavy (non-hydrogen) atoms. The minimum absolute atomic E-state index is 0.0623. The third kappa shape index (κ3) is 3.28. The first-order valence-electron chi connectivity index (χ1n) is 9.87. The van der Waals surface area contributed by atoms with Crippen LogP contribution in [-0.4, -0.2) is 39.6 Å². The molecule has 0 aliphatic carbocycles. The number of piperidine rings is 1. The smallest absolute Gasteiger partial charge is 0.208 e. The van der Waals surface area contributed by atoms with Crippen LogP contribution in [0.4, 0.5) is 10.1 Å². The van der Waals surface area contributed by atoms with Gasteiger partial charge in [0.1, 0.15) is 5.82 Å². The Balaban J connectivity index is 1.51. The quantitative estimate of drug-likeness (QED) is 0.671. The SMILES string of the molecule is O=S(=O)(c1ccc(F)cc1)c1cnc2c(N3CC4CCNCC4C3)cccc2c1. The molecule has 0 spiro atoms. The number of hydrogen-bond acceptors (Lipinski definition) is 5. The predicted octanol–water partition coefficient (Wildman–Crippen LogP) is 3.25. The maximum absolute atomic E-state index is 13.2. The van der Waals surface area contributed by atoms with E-state index in [9.17, 15) is 12.8 Å². The lowest BCUT2D eigenvalue weighted by Crippen LogP contribution is -2.35. The van der Waals surface area contributed by atoms with Gasteiger partial charge in [-0.1, -0.05) is 12.1 Å². The molecule has 150 valence electrons. The van der Waals surface area contributed by atoms with Crippen molar-refractivity contribution in [1.29, 1.82) is 0 Å². The average Bonchev–Trinajstić information content (AvgIpc) is 3.17. The molecule has 3 heterocycles. The fourth-order valence-electron chi connectivity index (χ4n) is 4.55. The first-order valence-corrected chi connectivity index (χ1v) is 11.4. The van der Waals surface area contributed by atoms with Crippen molar-refractivity contribution in [2.45, 2.75) is 16.2 Å². The van der Waals surface area contributed by atoms with E-state index in [0.717, 1.165) is 54.9 Å². The summed E-state index contributed by atoms with van der Waals surface area (Å²) in [7, 11) is -3.75. The van der Waals surface area contributed by atoms with Crippen molar-refractivity contribution in [3.63, 3.8) is 0 Å². The summed E-state index contributed by atoms with van der Waals surface area (Å²) in [5.74, 6) is 0.883. The van der Waals surface area contributed by atoms with Crippen LogP contribution in [0.1, 0.15) is 6.42 Å². The number of fused-ring (bicyclic) bond motifs is 2. The molecule has 2 unspecified atom stereocenters. The number of aromatic nitrogens is 1. The molecule has 0 amide bonds. The minimum atomic E-state index is -3.75. The molecule has 1 aromatic heterocycles. The molecule has 2 aliphatic rings. The van der Waals surface area contributed by atoms with E-state index in [1.54, 1.807) is 6.07 Å². The van der Waals surface area contributed by atoms with Crippen LogP contribution in [0, 0.1) is 17.7 Å². The van der Waals surface area contributed by atoms with Crippen LogP contribution in [0.25, 0.3) is 10.9 Å². The third-order valence-corrected chi connectivity index (χ3v) is 7.85. The lowest BCUT2D eigenvalue weighted by atomic mass is 9.90. The van der Waals surface area contributed by atoms with Gasteiger partial charge in [0.15, 0.2) is 0 Å². The molecule has 1 N–H and O–H groups in total. The number of hydrogen-bond donors (Lipinski definition) is 1. The van der Waals surface area contributed by atoms with Crippen LogP contribution in [0.3, 0.4) is 0 Å². The van der Waals surface area contributed by atoms with E-state index in [2.05, 4.69) is 21.3 Å². The Morgan fingerprint density at radius 1 is 1.03 bits per heavy atom. The van der Waals surface area contributed by atoms with Crippen molar-refractivity contribution in [3.05, 3.63) is 60.5 Å². The molecule has 0 saturated carbocycles. The van der Waals surface area contributed by atoms with Gasteiger partial charge in [0, 0.05) is 24.7 Å². The van der Waals surface area contributed by atoms with E-state index >= 15 is 0 Å². The van der Waals surface area contributed by atoms with Gasteiger partial charge < -0.3 is 10.2 Å². The van der Waals surface area contributed by atoms with E-state index in [4.69, 9.17) is 0 Å². The Labute approximate surface area is 169 Å². The lowest BCUT2D eigenvalue weighted by molar-refractivity contribution is 0.318. The highest BCUT2D eigenvalue weighted by Gasteiger charge is 2.35. The molecule has 5 nitrogen and oxygen atoms in total. The van der Waals surface area contributed by atoms with Crippen LogP contribution >= 0.6 is 0 Å². The third-order valence-electron chi connectivity index (χ3n) is 6.11. The second-order valence-corrected chi connectivity index (χ2v) is 9.84. The molecular weight excluding hydrogens is 389 g/mol. The number of nitrogens with zero attached hydrogens (tertiary/aromatic N) is 2. The maximum Gasteiger partial charge on any atom is 0.208 e. The molecule has 2 saturated heterocycles. The summed E-state index contributed by atoms with van der Waals surface area (Å²) in [6, 6.07) is 12.4. The van der Waals surface area contributed by atoms with E-state index in [-0.39, 0.29) is 9.79 Å². The van der Waals surface area contributed by atoms with Crippen molar-refractivity contribution in [3.8, 4) is 0 Å². The van der Waals surface area contributed by atoms with Gasteiger partial charge in [-0.2, -0.15) is 0 Å². The highest BCUT2D eigenvalue weighted by Crippen LogP contribution is 2.35. The van der Waals surface area contributed by atoms with Crippen molar-refractivity contribution in [2.75, 3.05) is 31.1 Å². The van der Waals surface area contributed by atoms with Crippen molar-refractivity contribution in [2.24, 2.45) is 11.8 Å². The van der Waals surface area contributed by atoms with Crippen LogP contribution in [0.15, 0.2) is 64.5 Å². The van der Waals surface area contributed by atoms with E-state index in [1.165, 1.54) is 24.8 Å². The first kappa shape index (κ1) is 18.5. The zero-order valence-electron chi connectivity index (χ0n) is 15.9. The Kier molecular flexibility index (Phi) is 4.52. The molecule has 0 radical (unpaired) electrons. The number of nitrogens with one attached hydrogen (secondary N) is 1. The van der Waals surface area contributed by atoms with Gasteiger partial charge in [-0.15, -0.1) is 0 Å². The predicted molar refractivity (Wildman–Crippen MR) is 110 cm³/mol. The molecule has 2 atom stereocenters. The van der Waals surface area contributed by atoms with Gasteiger partial charge in [-0.25, -0.2) is 12.8 Å². The van der Waals surface area contributed by atoms with E-state index in [1.807, 2.05) is 12.1 Å². The standard InChI is InChI=1S/C22H22FN3O2S/c23-18-4-6-19(7-5-18)29(27,28)20-10-15-2-1-3-21(22(15)25-12-20)26-13-16-8-9-24-11-17(16)14-26/h1-7,10,12,16-17,24H,8-9,11,13-14H2. The van der Waals surface area contributed by atoms with Gasteiger partial charge in [0.25, 0.3) is 0 Å². The monoisotopic (exact) mass is 411 g/mol. The summed E-state index contributed by atoms with van der Waals surface area (Å²) in [6.07, 6.45) is 2.61. The second kappa shape index (κ2) is 7.07. The fraction of sp³-hybridized carbons (Fsp3) is 0.318. The van der Waals surface area contributed by atoms with Crippen LogP contribution in [-0.2, 0) is 9.84 Å². The number of para-hydroxylation sites is 1.